The van der Waals surface area contributed by atoms with E-state index in [2.05, 4.69) is 10.6 Å². The van der Waals surface area contributed by atoms with Gasteiger partial charge in [-0.05, 0) is 50.9 Å². The molecule has 2 rings (SSSR count). The molecule has 0 spiro atoms. The number of benzene rings is 1. The maximum atomic E-state index is 13.0. The second-order valence-corrected chi connectivity index (χ2v) is 5.27. The Morgan fingerprint density at radius 1 is 1.48 bits per heavy atom. The summed E-state index contributed by atoms with van der Waals surface area (Å²) < 4.78 is 31.1. The van der Waals surface area contributed by atoms with Crippen molar-refractivity contribution in [2.24, 2.45) is 5.92 Å². The summed E-state index contributed by atoms with van der Waals surface area (Å²) in [6.07, 6.45) is 1.31. The molecule has 1 aliphatic heterocycles. The van der Waals surface area contributed by atoms with E-state index in [1.807, 2.05) is 0 Å². The summed E-state index contributed by atoms with van der Waals surface area (Å²) in [5.41, 5.74) is 0. The first kappa shape index (κ1) is 15.7. The first-order valence-electron chi connectivity index (χ1n) is 7.16. The molecule has 0 radical (unpaired) electrons. The van der Waals surface area contributed by atoms with Crippen LogP contribution in [0.5, 0.6) is 5.75 Å². The van der Waals surface area contributed by atoms with Crippen molar-refractivity contribution in [3.8, 4) is 5.75 Å². The maximum absolute atomic E-state index is 13.0. The fourth-order valence-corrected chi connectivity index (χ4v) is 2.31. The number of halogens is 2. The second kappa shape index (κ2) is 7.36. The van der Waals surface area contributed by atoms with Crippen molar-refractivity contribution in [3.05, 3.63) is 29.8 Å². The molecule has 116 valence electrons. The molecule has 0 bridgehead atoms. The van der Waals surface area contributed by atoms with Gasteiger partial charge >= 0.3 is 0 Å². The topological polar surface area (TPSA) is 50.4 Å². The maximum Gasteiger partial charge on any atom is 0.260 e. The molecule has 1 heterocycles. The van der Waals surface area contributed by atoms with Crippen molar-refractivity contribution >= 4 is 5.91 Å². The highest BCUT2D eigenvalue weighted by Gasteiger charge is 2.17. The van der Waals surface area contributed by atoms with Crippen molar-refractivity contribution in [3.63, 3.8) is 0 Å². The van der Waals surface area contributed by atoms with Crippen molar-refractivity contribution < 1.29 is 18.3 Å². The lowest BCUT2D eigenvalue weighted by Gasteiger charge is -2.15. The van der Waals surface area contributed by atoms with Gasteiger partial charge < -0.3 is 15.4 Å². The quantitative estimate of drug-likeness (QED) is 0.842. The third-order valence-electron chi connectivity index (χ3n) is 3.59. The summed E-state index contributed by atoms with van der Waals surface area (Å²) in [6, 6.07) is 3.21. The molecular weight excluding hydrogens is 278 g/mol. The van der Waals surface area contributed by atoms with E-state index >= 15 is 0 Å². The minimum Gasteiger partial charge on any atom is -0.481 e. The first-order valence-corrected chi connectivity index (χ1v) is 7.16. The van der Waals surface area contributed by atoms with Crippen molar-refractivity contribution in [2.75, 3.05) is 19.6 Å². The van der Waals surface area contributed by atoms with E-state index in [1.54, 1.807) is 6.92 Å². The monoisotopic (exact) mass is 298 g/mol. The SMILES string of the molecule is CC(Oc1ccc(F)c(F)c1)C(=O)NCCC1CCNC1. The lowest BCUT2D eigenvalue weighted by Crippen LogP contribution is -2.37. The third kappa shape index (κ3) is 4.67. The molecule has 1 saturated heterocycles. The molecule has 1 aliphatic rings. The second-order valence-electron chi connectivity index (χ2n) is 5.27. The average Bonchev–Trinajstić information content (AvgIpc) is 2.96. The molecule has 1 aromatic rings. The Morgan fingerprint density at radius 2 is 2.29 bits per heavy atom. The normalized spacial score (nSPS) is 19.3. The standard InChI is InChI=1S/C15H20F2N2O2/c1-10(21-12-2-3-13(16)14(17)8-12)15(20)19-7-5-11-4-6-18-9-11/h2-3,8,10-11,18H,4-7,9H2,1H3,(H,19,20). The number of ether oxygens (including phenoxy) is 1. The van der Waals surface area contributed by atoms with Crippen LogP contribution >= 0.6 is 0 Å². The summed E-state index contributed by atoms with van der Waals surface area (Å²) in [4.78, 5) is 11.9. The van der Waals surface area contributed by atoms with Crippen LogP contribution in [0.1, 0.15) is 19.8 Å². The molecule has 2 unspecified atom stereocenters. The number of carbonyl (C=O) groups excluding carboxylic acids is 1. The van der Waals surface area contributed by atoms with Gasteiger partial charge in [-0.2, -0.15) is 0 Å². The van der Waals surface area contributed by atoms with E-state index in [-0.39, 0.29) is 11.7 Å². The number of rotatable bonds is 6. The van der Waals surface area contributed by atoms with Crippen LogP contribution in [-0.2, 0) is 4.79 Å². The van der Waals surface area contributed by atoms with Crippen LogP contribution in [-0.4, -0.2) is 31.6 Å². The number of amides is 1. The number of hydrogen-bond acceptors (Lipinski definition) is 3. The number of hydrogen-bond donors (Lipinski definition) is 2. The highest BCUT2D eigenvalue weighted by Crippen LogP contribution is 2.17. The highest BCUT2D eigenvalue weighted by atomic mass is 19.2. The fraction of sp³-hybridized carbons (Fsp3) is 0.533. The molecule has 0 aliphatic carbocycles. The van der Waals surface area contributed by atoms with Crippen LogP contribution in [0, 0.1) is 17.6 Å². The molecule has 2 atom stereocenters. The summed E-state index contributed by atoms with van der Waals surface area (Å²) in [6.45, 7) is 4.20. The highest BCUT2D eigenvalue weighted by molar-refractivity contribution is 5.80. The van der Waals surface area contributed by atoms with Gasteiger partial charge in [-0.15, -0.1) is 0 Å². The zero-order valence-electron chi connectivity index (χ0n) is 12.0. The summed E-state index contributed by atoms with van der Waals surface area (Å²) in [5.74, 6) is -1.45. The number of carbonyl (C=O) groups is 1. The summed E-state index contributed by atoms with van der Waals surface area (Å²) >= 11 is 0. The zero-order chi connectivity index (χ0) is 15.2. The van der Waals surface area contributed by atoms with E-state index in [0.717, 1.165) is 38.1 Å². The lowest BCUT2D eigenvalue weighted by molar-refractivity contribution is -0.127. The van der Waals surface area contributed by atoms with Gasteiger partial charge in [0.2, 0.25) is 0 Å². The molecule has 6 heteroatoms. The van der Waals surface area contributed by atoms with Crippen LogP contribution in [0.25, 0.3) is 0 Å². The molecule has 1 aromatic carbocycles. The first-order chi connectivity index (χ1) is 10.1. The molecule has 0 saturated carbocycles. The molecule has 2 N–H and O–H groups in total. The van der Waals surface area contributed by atoms with E-state index in [9.17, 15) is 13.6 Å². The van der Waals surface area contributed by atoms with Crippen LogP contribution in [0.4, 0.5) is 8.78 Å². The van der Waals surface area contributed by atoms with Gasteiger partial charge in [0.05, 0.1) is 0 Å². The zero-order valence-corrected chi connectivity index (χ0v) is 12.0. The molecule has 0 aromatic heterocycles. The Balaban J connectivity index is 1.74. The van der Waals surface area contributed by atoms with Gasteiger partial charge in [-0.3, -0.25) is 4.79 Å². The molecule has 1 amide bonds. The van der Waals surface area contributed by atoms with E-state index in [4.69, 9.17) is 4.74 Å². The molecule has 4 nitrogen and oxygen atoms in total. The molecular formula is C15H20F2N2O2. The van der Waals surface area contributed by atoms with Gasteiger partial charge in [0.15, 0.2) is 17.7 Å². The molecule has 21 heavy (non-hydrogen) atoms. The third-order valence-corrected chi connectivity index (χ3v) is 3.59. The van der Waals surface area contributed by atoms with Crippen molar-refractivity contribution in [2.45, 2.75) is 25.9 Å². The largest absolute Gasteiger partial charge is 0.481 e. The van der Waals surface area contributed by atoms with Crippen LogP contribution in [0.3, 0.4) is 0 Å². The molecule has 1 fully saturated rings. The number of nitrogens with one attached hydrogen (secondary N) is 2. The minimum absolute atomic E-state index is 0.136. The van der Waals surface area contributed by atoms with Gasteiger partial charge in [0, 0.05) is 12.6 Å². The van der Waals surface area contributed by atoms with E-state index < -0.39 is 17.7 Å². The Hall–Kier alpha value is -1.69. The predicted molar refractivity (Wildman–Crippen MR) is 75.1 cm³/mol. The Bertz CT molecular complexity index is 491. The Kier molecular flexibility index (Phi) is 5.50. The fourth-order valence-electron chi connectivity index (χ4n) is 2.31. The van der Waals surface area contributed by atoms with Crippen molar-refractivity contribution in [1.82, 2.24) is 10.6 Å². The van der Waals surface area contributed by atoms with Gasteiger partial charge in [-0.25, -0.2) is 8.78 Å². The van der Waals surface area contributed by atoms with Gasteiger partial charge in [0.25, 0.3) is 5.91 Å². The van der Waals surface area contributed by atoms with Crippen LogP contribution in [0.15, 0.2) is 18.2 Å². The van der Waals surface area contributed by atoms with Gasteiger partial charge in [0.1, 0.15) is 5.75 Å². The summed E-state index contributed by atoms with van der Waals surface area (Å²) in [5, 5.41) is 6.07. The Labute approximate surface area is 122 Å². The Morgan fingerprint density at radius 3 is 2.95 bits per heavy atom. The van der Waals surface area contributed by atoms with Crippen molar-refractivity contribution in [1.29, 1.82) is 0 Å². The predicted octanol–water partition coefficient (Wildman–Crippen LogP) is 1.85. The minimum atomic E-state index is -0.992. The summed E-state index contributed by atoms with van der Waals surface area (Å²) in [7, 11) is 0. The van der Waals surface area contributed by atoms with E-state index in [0.29, 0.717) is 12.5 Å². The van der Waals surface area contributed by atoms with E-state index in [1.165, 1.54) is 6.07 Å². The average molecular weight is 298 g/mol. The van der Waals surface area contributed by atoms with Crippen LogP contribution in [0.2, 0.25) is 0 Å². The van der Waals surface area contributed by atoms with Gasteiger partial charge in [-0.1, -0.05) is 0 Å². The van der Waals surface area contributed by atoms with Crippen LogP contribution < -0.4 is 15.4 Å². The lowest BCUT2D eigenvalue weighted by atomic mass is 10.1. The smallest absolute Gasteiger partial charge is 0.260 e.